The predicted molar refractivity (Wildman–Crippen MR) is 116 cm³/mol. The number of nitrogens with one attached hydrogen (secondary N) is 2. The van der Waals surface area contributed by atoms with Crippen LogP contribution in [0.1, 0.15) is 29.5 Å². The minimum Gasteiger partial charge on any atom is -0.443 e. The molecule has 0 bridgehead atoms. The topological polar surface area (TPSA) is 65.7 Å². The third-order valence-electron chi connectivity index (χ3n) is 4.86. The highest BCUT2D eigenvalue weighted by atomic mass is 32.1. The number of rotatable bonds is 7. The SMILES string of the molecule is CN=C(NCc1coc(-c2cccs2)n1)NCC(c1cccs1)N1CCCC1. The lowest BCUT2D eigenvalue weighted by Crippen LogP contribution is -2.42. The fraction of sp³-hybridized carbons (Fsp3) is 0.400. The van der Waals surface area contributed by atoms with Gasteiger partial charge in [-0.15, -0.1) is 22.7 Å². The monoisotopic (exact) mass is 415 g/mol. The van der Waals surface area contributed by atoms with Gasteiger partial charge in [0.15, 0.2) is 5.96 Å². The predicted octanol–water partition coefficient (Wildman–Crippen LogP) is 3.97. The Bertz CT molecular complexity index is 866. The molecule has 0 aliphatic carbocycles. The van der Waals surface area contributed by atoms with Gasteiger partial charge in [-0.1, -0.05) is 12.1 Å². The number of oxazole rings is 1. The summed E-state index contributed by atoms with van der Waals surface area (Å²) in [5.41, 5.74) is 0.862. The van der Waals surface area contributed by atoms with Crippen LogP contribution < -0.4 is 10.6 Å². The van der Waals surface area contributed by atoms with Gasteiger partial charge in [0.05, 0.1) is 23.2 Å². The molecule has 0 radical (unpaired) electrons. The van der Waals surface area contributed by atoms with Gasteiger partial charge in [-0.05, 0) is 48.8 Å². The summed E-state index contributed by atoms with van der Waals surface area (Å²) in [6, 6.07) is 8.76. The van der Waals surface area contributed by atoms with Gasteiger partial charge in [-0.2, -0.15) is 0 Å². The molecule has 6 nitrogen and oxygen atoms in total. The first-order chi connectivity index (χ1) is 13.8. The summed E-state index contributed by atoms with van der Waals surface area (Å²) in [5, 5.41) is 11.0. The zero-order valence-corrected chi connectivity index (χ0v) is 17.6. The number of nitrogens with zero attached hydrogens (tertiary/aromatic N) is 3. The number of aromatic nitrogens is 1. The molecule has 1 saturated heterocycles. The third kappa shape index (κ3) is 4.63. The normalized spacial score (nSPS) is 16.4. The Kier molecular flexibility index (Phi) is 6.41. The Morgan fingerprint density at radius 1 is 1.21 bits per heavy atom. The maximum absolute atomic E-state index is 5.58. The maximum Gasteiger partial charge on any atom is 0.236 e. The first kappa shape index (κ1) is 19.2. The van der Waals surface area contributed by atoms with Crippen LogP contribution in [0.4, 0.5) is 0 Å². The zero-order valence-electron chi connectivity index (χ0n) is 15.9. The first-order valence-corrected chi connectivity index (χ1v) is 11.3. The molecule has 4 heterocycles. The quantitative estimate of drug-likeness (QED) is 0.452. The third-order valence-corrected chi connectivity index (χ3v) is 6.69. The summed E-state index contributed by atoms with van der Waals surface area (Å²) in [6.45, 7) is 3.74. The second-order valence-electron chi connectivity index (χ2n) is 6.70. The molecule has 0 spiro atoms. The molecule has 8 heteroatoms. The van der Waals surface area contributed by atoms with Crippen molar-refractivity contribution in [2.45, 2.75) is 25.4 Å². The Labute approximate surface area is 173 Å². The van der Waals surface area contributed by atoms with Crippen LogP contribution in [-0.4, -0.2) is 42.5 Å². The average molecular weight is 416 g/mol. The summed E-state index contributed by atoms with van der Waals surface area (Å²) in [6.07, 6.45) is 4.27. The van der Waals surface area contributed by atoms with Crippen molar-refractivity contribution in [3.8, 4) is 10.8 Å². The number of hydrogen-bond acceptors (Lipinski definition) is 6. The number of guanidine groups is 1. The Morgan fingerprint density at radius 2 is 2.04 bits per heavy atom. The van der Waals surface area contributed by atoms with Gasteiger partial charge >= 0.3 is 0 Å². The molecule has 0 amide bonds. The van der Waals surface area contributed by atoms with E-state index in [1.165, 1.54) is 30.8 Å². The first-order valence-electron chi connectivity index (χ1n) is 9.54. The van der Waals surface area contributed by atoms with Crippen LogP contribution in [0.5, 0.6) is 0 Å². The maximum atomic E-state index is 5.58. The van der Waals surface area contributed by atoms with Gasteiger partial charge in [0.25, 0.3) is 0 Å². The highest BCUT2D eigenvalue weighted by molar-refractivity contribution is 7.13. The number of aliphatic imine (C=N–C) groups is 1. The molecule has 0 saturated carbocycles. The van der Waals surface area contributed by atoms with Gasteiger partial charge in [0.1, 0.15) is 6.26 Å². The van der Waals surface area contributed by atoms with Crippen molar-refractivity contribution in [1.82, 2.24) is 20.5 Å². The Morgan fingerprint density at radius 3 is 2.75 bits per heavy atom. The van der Waals surface area contributed by atoms with E-state index < -0.39 is 0 Å². The van der Waals surface area contributed by atoms with E-state index >= 15 is 0 Å². The summed E-state index contributed by atoms with van der Waals surface area (Å²) in [5.74, 6) is 1.45. The van der Waals surface area contributed by atoms with Crippen molar-refractivity contribution >= 4 is 28.6 Å². The van der Waals surface area contributed by atoms with E-state index in [0.29, 0.717) is 18.5 Å². The molecule has 148 valence electrons. The number of thiophene rings is 2. The van der Waals surface area contributed by atoms with Crippen LogP contribution in [0.15, 0.2) is 50.7 Å². The summed E-state index contributed by atoms with van der Waals surface area (Å²) in [7, 11) is 1.80. The van der Waals surface area contributed by atoms with Crippen molar-refractivity contribution in [3.05, 3.63) is 51.9 Å². The second kappa shape index (κ2) is 9.36. The number of hydrogen-bond donors (Lipinski definition) is 2. The average Bonchev–Trinajstić information content (AvgIpc) is 3.51. The van der Waals surface area contributed by atoms with E-state index in [9.17, 15) is 0 Å². The van der Waals surface area contributed by atoms with Gasteiger partial charge in [-0.25, -0.2) is 4.98 Å². The van der Waals surface area contributed by atoms with Crippen molar-refractivity contribution in [1.29, 1.82) is 0 Å². The van der Waals surface area contributed by atoms with Gasteiger partial charge in [-0.3, -0.25) is 9.89 Å². The minimum atomic E-state index is 0.388. The standard InChI is InChI=1S/C20H25N5OS2/c1-21-20(22-12-15-14-26-19(24-15)18-7-5-11-28-18)23-13-16(17-6-4-10-27-17)25-8-2-3-9-25/h4-7,10-11,14,16H,2-3,8-9,12-13H2,1H3,(H2,21,22,23). The van der Waals surface area contributed by atoms with Crippen LogP contribution >= 0.6 is 22.7 Å². The van der Waals surface area contributed by atoms with Gasteiger partial charge in [0, 0.05) is 18.5 Å². The molecule has 1 fully saturated rings. The molecule has 3 aromatic rings. The van der Waals surface area contributed by atoms with E-state index in [1.54, 1.807) is 24.6 Å². The lowest BCUT2D eigenvalue weighted by atomic mass is 10.2. The van der Waals surface area contributed by atoms with E-state index in [4.69, 9.17) is 4.42 Å². The van der Waals surface area contributed by atoms with Crippen LogP contribution in [0.25, 0.3) is 10.8 Å². The molecular formula is C20H25N5OS2. The molecule has 1 aliphatic rings. The molecule has 1 atom stereocenters. The van der Waals surface area contributed by atoms with Crippen LogP contribution in [-0.2, 0) is 6.54 Å². The van der Waals surface area contributed by atoms with E-state index in [0.717, 1.165) is 23.1 Å². The second-order valence-corrected chi connectivity index (χ2v) is 8.63. The minimum absolute atomic E-state index is 0.388. The molecule has 1 unspecified atom stereocenters. The molecule has 2 N–H and O–H groups in total. The molecule has 4 rings (SSSR count). The Balaban J connectivity index is 1.33. The summed E-state index contributed by atoms with van der Waals surface area (Å²) < 4.78 is 5.58. The fourth-order valence-corrected chi connectivity index (χ4v) is 4.95. The van der Waals surface area contributed by atoms with Crippen molar-refractivity contribution in [3.63, 3.8) is 0 Å². The highest BCUT2D eigenvalue weighted by Gasteiger charge is 2.24. The molecule has 0 aromatic carbocycles. The zero-order chi connectivity index (χ0) is 19.2. The van der Waals surface area contributed by atoms with E-state index in [-0.39, 0.29) is 0 Å². The van der Waals surface area contributed by atoms with Crippen LogP contribution in [0, 0.1) is 0 Å². The van der Waals surface area contributed by atoms with E-state index in [1.807, 2.05) is 28.8 Å². The van der Waals surface area contributed by atoms with Crippen LogP contribution in [0.2, 0.25) is 0 Å². The molecular weight excluding hydrogens is 390 g/mol. The molecule has 1 aliphatic heterocycles. The highest BCUT2D eigenvalue weighted by Crippen LogP contribution is 2.28. The lowest BCUT2D eigenvalue weighted by molar-refractivity contribution is 0.249. The van der Waals surface area contributed by atoms with Crippen LogP contribution in [0.3, 0.4) is 0 Å². The summed E-state index contributed by atoms with van der Waals surface area (Å²) in [4.78, 5) is 13.9. The molecule has 3 aromatic heterocycles. The van der Waals surface area contributed by atoms with Gasteiger partial charge in [0.2, 0.25) is 5.89 Å². The summed E-state index contributed by atoms with van der Waals surface area (Å²) >= 11 is 3.45. The fourth-order valence-electron chi connectivity index (χ4n) is 3.43. The largest absolute Gasteiger partial charge is 0.443 e. The molecule has 28 heavy (non-hydrogen) atoms. The smallest absolute Gasteiger partial charge is 0.236 e. The van der Waals surface area contributed by atoms with Crippen molar-refractivity contribution in [2.24, 2.45) is 4.99 Å². The Hall–Kier alpha value is -2.16. The van der Waals surface area contributed by atoms with Gasteiger partial charge < -0.3 is 15.1 Å². The van der Waals surface area contributed by atoms with Crippen molar-refractivity contribution in [2.75, 3.05) is 26.7 Å². The van der Waals surface area contributed by atoms with Crippen molar-refractivity contribution < 1.29 is 4.42 Å². The van der Waals surface area contributed by atoms with E-state index in [2.05, 4.69) is 43.0 Å². The number of likely N-dealkylation sites (tertiary alicyclic amines) is 1. The lowest BCUT2D eigenvalue weighted by Gasteiger charge is -2.27.